The van der Waals surface area contributed by atoms with Crippen LogP contribution in [0, 0.1) is 19.8 Å². The van der Waals surface area contributed by atoms with E-state index < -0.39 is 10.0 Å². The summed E-state index contributed by atoms with van der Waals surface area (Å²) in [6, 6.07) is 13.1. The number of anilines is 2. The van der Waals surface area contributed by atoms with Crippen LogP contribution in [-0.4, -0.2) is 34.0 Å². The molecule has 1 atom stereocenters. The Bertz CT molecular complexity index is 971. The molecule has 2 aromatic carbocycles. The van der Waals surface area contributed by atoms with Crippen molar-refractivity contribution in [3.8, 4) is 0 Å². The molecule has 0 aliphatic carbocycles. The van der Waals surface area contributed by atoms with Gasteiger partial charge in [0.1, 0.15) is 0 Å². The standard InChI is InChI=1S/C22H29N3O3S/c1-16-4-5-18(3)21(14-16)29(27,28)23-12-10-22(26)24-19-6-8-20(9-7-19)25-13-11-17(2)15-25/h4-9,14,17,23H,10-13,15H2,1-3H3,(H,24,26). The van der Waals surface area contributed by atoms with Gasteiger partial charge in [-0.3, -0.25) is 4.79 Å². The first-order valence-corrected chi connectivity index (χ1v) is 11.4. The Morgan fingerprint density at radius 1 is 1.14 bits per heavy atom. The fourth-order valence-corrected chi connectivity index (χ4v) is 4.88. The van der Waals surface area contributed by atoms with E-state index in [2.05, 4.69) is 21.9 Å². The Balaban J connectivity index is 1.50. The summed E-state index contributed by atoms with van der Waals surface area (Å²) >= 11 is 0. The van der Waals surface area contributed by atoms with Gasteiger partial charge in [-0.05, 0) is 67.6 Å². The van der Waals surface area contributed by atoms with Crippen LogP contribution in [-0.2, 0) is 14.8 Å². The van der Waals surface area contributed by atoms with E-state index in [1.807, 2.05) is 37.3 Å². The van der Waals surface area contributed by atoms with Crippen LogP contribution in [0.25, 0.3) is 0 Å². The normalized spacial score (nSPS) is 16.8. The molecule has 1 aliphatic heterocycles. The summed E-state index contributed by atoms with van der Waals surface area (Å²) in [5.74, 6) is 0.484. The second-order valence-electron chi connectivity index (χ2n) is 7.85. The first-order valence-electron chi connectivity index (χ1n) is 9.96. The summed E-state index contributed by atoms with van der Waals surface area (Å²) < 4.78 is 27.5. The van der Waals surface area contributed by atoms with Crippen LogP contribution in [0.2, 0.25) is 0 Å². The van der Waals surface area contributed by atoms with Crippen LogP contribution in [0.15, 0.2) is 47.4 Å². The molecule has 1 amide bonds. The van der Waals surface area contributed by atoms with Gasteiger partial charge in [0, 0.05) is 37.4 Å². The van der Waals surface area contributed by atoms with E-state index in [0.29, 0.717) is 17.2 Å². The Kier molecular flexibility index (Phi) is 6.59. The van der Waals surface area contributed by atoms with Gasteiger partial charge in [-0.1, -0.05) is 19.1 Å². The lowest BCUT2D eigenvalue weighted by Crippen LogP contribution is -2.28. The zero-order valence-corrected chi connectivity index (χ0v) is 18.1. The highest BCUT2D eigenvalue weighted by Crippen LogP contribution is 2.24. The number of carbonyl (C=O) groups excluding carboxylic acids is 1. The molecule has 2 aromatic rings. The minimum atomic E-state index is -3.64. The number of nitrogens with zero attached hydrogens (tertiary/aromatic N) is 1. The molecule has 7 heteroatoms. The molecule has 0 aromatic heterocycles. The fraction of sp³-hybridized carbons (Fsp3) is 0.409. The van der Waals surface area contributed by atoms with Crippen LogP contribution in [0.4, 0.5) is 11.4 Å². The highest BCUT2D eigenvalue weighted by molar-refractivity contribution is 7.89. The molecule has 0 saturated carbocycles. The molecule has 29 heavy (non-hydrogen) atoms. The molecule has 156 valence electrons. The summed E-state index contributed by atoms with van der Waals surface area (Å²) in [7, 11) is -3.64. The van der Waals surface area contributed by atoms with Crippen molar-refractivity contribution in [2.24, 2.45) is 5.92 Å². The van der Waals surface area contributed by atoms with Crippen molar-refractivity contribution in [1.29, 1.82) is 0 Å². The zero-order valence-electron chi connectivity index (χ0n) is 17.2. The molecule has 1 heterocycles. The average Bonchev–Trinajstić information content (AvgIpc) is 3.10. The highest BCUT2D eigenvalue weighted by atomic mass is 32.2. The summed E-state index contributed by atoms with van der Waals surface area (Å²) in [6.07, 6.45) is 1.27. The summed E-state index contributed by atoms with van der Waals surface area (Å²) in [5, 5.41) is 2.82. The third-order valence-electron chi connectivity index (χ3n) is 5.22. The second kappa shape index (κ2) is 8.97. The van der Waals surface area contributed by atoms with Gasteiger partial charge in [-0.15, -0.1) is 0 Å². The van der Waals surface area contributed by atoms with E-state index in [4.69, 9.17) is 0 Å². The van der Waals surface area contributed by atoms with Gasteiger partial charge in [-0.25, -0.2) is 13.1 Å². The first-order chi connectivity index (χ1) is 13.7. The molecule has 3 rings (SSSR count). The molecule has 0 spiro atoms. The van der Waals surface area contributed by atoms with E-state index in [-0.39, 0.29) is 23.8 Å². The minimum Gasteiger partial charge on any atom is -0.371 e. The molecule has 1 unspecified atom stereocenters. The maximum atomic E-state index is 12.5. The quantitative estimate of drug-likeness (QED) is 0.726. The molecule has 2 N–H and O–H groups in total. The van der Waals surface area contributed by atoms with Gasteiger partial charge >= 0.3 is 0 Å². The number of hydrogen-bond donors (Lipinski definition) is 2. The fourth-order valence-electron chi connectivity index (χ4n) is 3.52. The van der Waals surface area contributed by atoms with Crippen LogP contribution in [0.3, 0.4) is 0 Å². The van der Waals surface area contributed by atoms with Gasteiger partial charge < -0.3 is 10.2 Å². The van der Waals surface area contributed by atoms with Gasteiger partial charge in [0.05, 0.1) is 4.90 Å². The molecule has 1 fully saturated rings. The Labute approximate surface area is 173 Å². The van der Waals surface area contributed by atoms with E-state index in [1.54, 1.807) is 19.1 Å². The average molecular weight is 416 g/mol. The number of rotatable bonds is 7. The minimum absolute atomic E-state index is 0.0469. The van der Waals surface area contributed by atoms with Gasteiger partial charge in [0.25, 0.3) is 0 Å². The number of carbonyl (C=O) groups is 1. The summed E-state index contributed by atoms with van der Waals surface area (Å²) in [4.78, 5) is 14.8. The van der Waals surface area contributed by atoms with Crippen molar-refractivity contribution >= 4 is 27.3 Å². The van der Waals surface area contributed by atoms with E-state index in [0.717, 1.165) is 24.3 Å². The number of nitrogens with one attached hydrogen (secondary N) is 2. The molecule has 6 nitrogen and oxygen atoms in total. The Morgan fingerprint density at radius 2 is 1.86 bits per heavy atom. The largest absolute Gasteiger partial charge is 0.371 e. The number of aryl methyl sites for hydroxylation is 2. The van der Waals surface area contributed by atoms with Gasteiger partial charge in [0.15, 0.2) is 0 Å². The molecule has 0 radical (unpaired) electrons. The first kappa shape index (κ1) is 21.3. The predicted octanol–water partition coefficient (Wildman–Crippen LogP) is 3.46. The summed E-state index contributed by atoms with van der Waals surface area (Å²) in [6.45, 7) is 8.03. The Morgan fingerprint density at radius 3 is 2.52 bits per heavy atom. The molecular weight excluding hydrogens is 386 g/mol. The third kappa shape index (κ3) is 5.58. The SMILES string of the molecule is Cc1ccc(C)c(S(=O)(=O)NCCC(=O)Nc2ccc(N3CCC(C)C3)cc2)c1. The van der Waals surface area contributed by atoms with Crippen molar-refractivity contribution in [3.63, 3.8) is 0 Å². The van der Waals surface area contributed by atoms with E-state index in [9.17, 15) is 13.2 Å². The molecular formula is C22H29N3O3S. The smallest absolute Gasteiger partial charge is 0.240 e. The number of hydrogen-bond acceptors (Lipinski definition) is 4. The molecule has 1 saturated heterocycles. The molecule has 0 bridgehead atoms. The van der Waals surface area contributed by atoms with Crippen LogP contribution >= 0.6 is 0 Å². The number of sulfonamides is 1. The number of amides is 1. The Hall–Kier alpha value is -2.38. The maximum absolute atomic E-state index is 12.5. The third-order valence-corrected chi connectivity index (χ3v) is 6.82. The molecule has 1 aliphatic rings. The van der Waals surface area contributed by atoms with E-state index in [1.165, 1.54) is 6.42 Å². The maximum Gasteiger partial charge on any atom is 0.240 e. The van der Waals surface area contributed by atoms with Crippen molar-refractivity contribution in [3.05, 3.63) is 53.6 Å². The van der Waals surface area contributed by atoms with Gasteiger partial charge in [-0.2, -0.15) is 0 Å². The summed E-state index contributed by atoms with van der Waals surface area (Å²) in [5.41, 5.74) is 3.43. The lowest BCUT2D eigenvalue weighted by molar-refractivity contribution is -0.116. The highest BCUT2D eigenvalue weighted by Gasteiger charge is 2.19. The van der Waals surface area contributed by atoms with Crippen molar-refractivity contribution in [2.75, 3.05) is 29.9 Å². The van der Waals surface area contributed by atoms with Gasteiger partial charge in [0.2, 0.25) is 15.9 Å². The zero-order chi connectivity index (χ0) is 21.0. The topological polar surface area (TPSA) is 78.5 Å². The van der Waals surface area contributed by atoms with Crippen LogP contribution in [0.5, 0.6) is 0 Å². The monoisotopic (exact) mass is 415 g/mol. The lowest BCUT2D eigenvalue weighted by atomic mass is 10.2. The van der Waals surface area contributed by atoms with Crippen molar-refractivity contribution < 1.29 is 13.2 Å². The lowest BCUT2D eigenvalue weighted by Gasteiger charge is -2.18. The number of benzene rings is 2. The second-order valence-corrected chi connectivity index (χ2v) is 9.59. The van der Waals surface area contributed by atoms with E-state index >= 15 is 0 Å². The van der Waals surface area contributed by atoms with Crippen LogP contribution in [0.1, 0.15) is 30.9 Å². The van der Waals surface area contributed by atoms with Crippen molar-refractivity contribution in [1.82, 2.24) is 4.72 Å². The van der Waals surface area contributed by atoms with Crippen LogP contribution < -0.4 is 14.9 Å². The predicted molar refractivity (Wildman–Crippen MR) is 117 cm³/mol. The van der Waals surface area contributed by atoms with Crippen molar-refractivity contribution in [2.45, 2.75) is 38.5 Å².